The zero-order valence-electron chi connectivity index (χ0n) is 15.6. The van der Waals surface area contributed by atoms with Crippen LogP contribution in [0.1, 0.15) is 60.7 Å². The van der Waals surface area contributed by atoms with Crippen molar-refractivity contribution in [3.05, 3.63) is 21.9 Å². The molecule has 3 aliphatic rings. The van der Waals surface area contributed by atoms with Gasteiger partial charge in [0.2, 0.25) is 5.91 Å². The molecule has 1 aromatic rings. The van der Waals surface area contributed by atoms with Crippen LogP contribution in [0.15, 0.2) is 11.4 Å². The van der Waals surface area contributed by atoms with E-state index in [-0.39, 0.29) is 29.3 Å². The van der Waals surface area contributed by atoms with Crippen molar-refractivity contribution in [1.29, 1.82) is 0 Å². The Morgan fingerprint density at radius 2 is 2.15 bits per heavy atom. The molecule has 5 nitrogen and oxygen atoms in total. The first-order valence-electron chi connectivity index (χ1n) is 9.69. The fourth-order valence-electron chi connectivity index (χ4n) is 4.65. The molecule has 4 rings (SSSR count). The number of amides is 1. The number of hydrogen-bond acceptors (Lipinski definition) is 5. The van der Waals surface area contributed by atoms with E-state index in [4.69, 9.17) is 4.74 Å². The van der Waals surface area contributed by atoms with Crippen molar-refractivity contribution in [1.82, 2.24) is 10.2 Å². The first-order chi connectivity index (χ1) is 12.5. The standard InChI is InChI=1S/C20H28N2O3S/c1-13(23)17-9-14(12-26-17)11-22-8-7-20(25-2)6-5-16(10-18(20)22)21-19(24)15-3-4-15/h9,12,15-16,18H,3-8,10-11H2,1-2H3,(H,21,24)/t16-,18+,20-/m1/s1. The topological polar surface area (TPSA) is 58.6 Å². The molecule has 1 aromatic heterocycles. The van der Waals surface area contributed by atoms with Crippen LogP contribution >= 0.6 is 11.3 Å². The summed E-state index contributed by atoms with van der Waals surface area (Å²) in [6.07, 6.45) is 6.10. The summed E-state index contributed by atoms with van der Waals surface area (Å²) in [4.78, 5) is 27.1. The average Bonchev–Trinajstić information content (AvgIpc) is 3.28. The number of Topliss-reactive ketones (excluding diaryl/α,β-unsaturated/α-hetero) is 1. The van der Waals surface area contributed by atoms with E-state index >= 15 is 0 Å². The second-order valence-corrected chi connectivity index (χ2v) is 9.05. The Hall–Kier alpha value is -1.24. The van der Waals surface area contributed by atoms with Crippen LogP contribution in [0.25, 0.3) is 0 Å². The number of likely N-dealkylation sites (tertiary alicyclic amines) is 1. The predicted molar refractivity (Wildman–Crippen MR) is 101 cm³/mol. The Labute approximate surface area is 159 Å². The molecule has 2 heterocycles. The van der Waals surface area contributed by atoms with E-state index in [1.54, 1.807) is 6.92 Å². The number of thiophene rings is 1. The van der Waals surface area contributed by atoms with Crippen LogP contribution in [0.2, 0.25) is 0 Å². The summed E-state index contributed by atoms with van der Waals surface area (Å²) < 4.78 is 6.02. The smallest absolute Gasteiger partial charge is 0.223 e. The summed E-state index contributed by atoms with van der Waals surface area (Å²) in [6, 6.07) is 2.60. The van der Waals surface area contributed by atoms with Crippen molar-refractivity contribution in [3.63, 3.8) is 0 Å². The lowest BCUT2D eigenvalue weighted by atomic mass is 9.78. The van der Waals surface area contributed by atoms with Crippen LogP contribution in [0.3, 0.4) is 0 Å². The van der Waals surface area contributed by atoms with Crippen LogP contribution in [-0.4, -0.2) is 47.9 Å². The second-order valence-electron chi connectivity index (χ2n) is 8.13. The molecule has 1 amide bonds. The van der Waals surface area contributed by atoms with E-state index < -0.39 is 0 Å². The van der Waals surface area contributed by atoms with Crippen LogP contribution in [-0.2, 0) is 16.1 Å². The first-order valence-corrected chi connectivity index (χ1v) is 10.6. The molecule has 2 saturated carbocycles. The van der Waals surface area contributed by atoms with Crippen LogP contribution < -0.4 is 5.32 Å². The van der Waals surface area contributed by atoms with E-state index in [1.165, 1.54) is 16.9 Å². The number of rotatable bonds is 6. The van der Waals surface area contributed by atoms with Gasteiger partial charge >= 0.3 is 0 Å². The first kappa shape index (κ1) is 18.1. The van der Waals surface area contributed by atoms with Gasteiger partial charge in [0.15, 0.2) is 5.78 Å². The van der Waals surface area contributed by atoms with Gasteiger partial charge < -0.3 is 10.1 Å². The normalized spacial score (nSPS) is 31.6. The van der Waals surface area contributed by atoms with E-state index in [0.717, 1.165) is 56.5 Å². The number of fused-ring (bicyclic) bond motifs is 1. The Kier molecular flexibility index (Phi) is 4.92. The van der Waals surface area contributed by atoms with Gasteiger partial charge in [-0.05, 0) is 62.5 Å². The van der Waals surface area contributed by atoms with Crippen molar-refractivity contribution in [3.8, 4) is 0 Å². The molecule has 1 N–H and O–H groups in total. The number of carbonyl (C=O) groups excluding carboxylic acids is 2. The third-order valence-electron chi connectivity index (χ3n) is 6.38. The summed E-state index contributed by atoms with van der Waals surface area (Å²) in [5, 5.41) is 5.37. The molecule has 6 heteroatoms. The maximum atomic E-state index is 12.2. The molecule has 3 fully saturated rings. The molecular weight excluding hydrogens is 348 g/mol. The van der Waals surface area contributed by atoms with Crippen molar-refractivity contribution in [2.45, 2.75) is 69.7 Å². The van der Waals surface area contributed by atoms with E-state index in [2.05, 4.69) is 15.6 Å². The summed E-state index contributed by atoms with van der Waals surface area (Å²) in [5.41, 5.74) is 1.12. The number of ketones is 1. The molecule has 2 aliphatic carbocycles. The van der Waals surface area contributed by atoms with Gasteiger partial charge in [-0.2, -0.15) is 0 Å². The van der Waals surface area contributed by atoms with E-state index in [1.807, 2.05) is 13.2 Å². The summed E-state index contributed by atoms with van der Waals surface area (Å²) in [7, 11) is 1.83. The van der Waals surface area contributed by atoms with Gasteiger partial charge in [0.25, 0.3) is 0 Å². The van der Waals surface area contributed by atoms with Crippen molar-refractivity contribution < 1.29 is 14.3 Å². The number of methoxy groups -OCH3 is 1. The van der Waals surface area contributed by atoms with Crippen LogP contribution in [0, 0.1) is 5.92 Å². The number of nitrogens with one attached hydrogen (secondary N) is 1. The Balaban J connectivity index is 1.45. The van der Waals surface area contributed by atoms with Crippen molar-refractivity contribution in [2.75, 3.05) is 13.7 Å². The SMILES string of the molecule is CO[C@@]12CC[C@@H](NC(=O)C3CC3)C[C@@H]1N(Cc1csc(C(C)=O)c1)CC2. The van der Waals surface area contributed by atoms with Gasteiger partial charge in [-0.1, -0.05) is 0 Å². The highest BCUT2D eigenvalue weighted by Gasteiger charge is 2.51. The maximum absolute atomic E-state index is 12.2. The highest BCUT2D eigenvalue weighted by atomic mass is 32.1. The molecule has 0 radical (unpaired) electrons. The zero-order chi connectivity index (χ0) is 18.3. The fourth-order valence-corrected chi connectivity index (χ4v) is 5.46. The summed E-state index contributed by atoms with van der Waals surface area (Å²) >= 11 is 1.53. The highest BCUT2D eigenvalue weighted by Crippen LogP contribution is 2.43. The lowest BCUT2D eigenvalue weighted by Crippen LogP contribution is -2.54. The fraction of sp³-hybridized carbons (Fsp3) is 0.700. The molecule has 1 saturated heterocycles. The molecule has 0 unspecified atom stereocenters. The minimum atomic E-state index is -0.0831. The number of nitrogens with zero attached hydrogens (tertiary/aromatic N) is 1. The molecule has 1 aliphatic heterocycles. The van der Waals surface area contributed by atoms with E-state index in [9.17, 15) is 9.59 Å². The van der Waals surface area contributed by atoms with Gasteiger partial charge in [-0.3, -0.25) is 14.5 Å². The Bertz CT molecular complexity index is 699. The summed E-state index contributed by atoms with van der Waals surface area (Å²) in [5.74, 6) is 0.641. The molecule has 26 heavy (non-hydrogen) atoms. The van der Waals surface area contributed by atoms with Gasteiger partial charge in [0, 0.05) is 38.2 Å². The molecule has 0 bridgehead atoms. The third kappa shape index (κ3) is 3.47. The Morgan fingerprint density at radius 3 is 2.81 bits per heavy atom. The average molecular weight is 377 g/mol. The van der Waals surface area contributed by atoms with Crippen molar-refractivity contribution in [2.24, 2.45) is 5.92 Å². The number of ether oxygens (including phenoxy) is 1. The lowest BCUT2D eigenvalue weighted by molar-refractivity contribution is -0.124. The molecule has 0 spiro atoms. The van der Waals surface area contributed by atoms with Gasteiger partial charge in [0.1, 0.15) is 0 Å². The lowest BCUT2D eigenvalue weighted by Gasteiger charge is -2.44. The number of hydrogen-bond donors (Lipinski definition) is 1. The quantitative estimate of drug-likeness (QED) is 0.776. The Morgan fingerprint density at radius 1 is 1.35 bits per heavy atom. The third-order valence-corrected chi connectivity index (χ3v) is 7.46. The molecule has 142 valence electrons. The zero-order valence-corrected chi connectivity index (χ0v) is 16.4. The minimum Gasteiger partial charge on any atom is -0.377 e. The minimum absolute atomic E-state index is 0.0831. The van der Waals surface area contributed by atoms with Crippen LogP contribution in [0.4, 0.5) is 0 Å². The predicted octanol–water partition coefficient (Wildman–Crippen LogP) is 2.99. The second kappa shape index (κ2) is 7.06. The summed E-state index contributed by atoms with van der Waals surface area (Å²) in [6.45, 7) is 3.48. The molecule has 3 atom stereocenters. The van der Waals surface area contributed by atoms with Crippen LogP contribution in [0.5, 0.6) is 0 Å². The molecular formula is C20H28N2O3S. The number of carbonyl (C=O) groups is 2. The van der Waals surface area contributed by atoms with Crippen molar-refractivity contribution >= 4 is 23.0 Å². The maximum Gasteiger partial charge on any atom is 0.223 e. The van der Waals surface area contributed by atoms with Gasteiger partial charge in [0.05, 0.1) is 10.5 Å². The monoisotopic (exact) mass is 376 g/mol. The largest absolute Gasteiger partial charge is 0.377 e. The highest BCUT2D eigenvalue weighted by molar-refractivity contribution is 7.12. The van der Waals surface area contributed by atoms with Gasteiger partial charge in [-0.15, -0.1) is 11.3 Å². The van der Waals surface area contributed by atoms with Gasteiger partial charge in [-0.25, -0.2) is 0 Å². The molecule has 0 aromatic carbocycles. The van der Waals surface area contributed by atoms with E-state index in [0.29, 0.717) is 6.04 Å².